The monoisotopic (exact) mass is 286 g/mol. The number of nitrogens with zero attached hydrogens (tertiary/aromatic N) is 4. The zero-order valence-electron chi connectivity index (χ0n) is 11.7. The second kappa shape index (κ2) is 6.52. The maximum absolute atomic E-state index is 10.7. The molecular weight excluding hydrogens is 270 g/mol. The maximum atomic E-state index is 10.7. The van der Waals surface area contributed by atoms with Crippen LogP contribution >= 0.6 is 0 Å². The lowest BCUT2D eigenvalue weighted by Gasteiger charge is -2.07. The Morgan fingerprint density at radius 1 is 1.52 bits per heavy atom. The Labute approximate surface area is 122 Å². The van der Waals surface area contributed by atoms with Crippen LogP contribution in [0.2, 0.25) is 0 Å². The van der Waals surface area contributed by atoms with Crippen LogP contribution in [-0.4, -0.2) is 16.0 Å². The quantitative estimate of drug-likeness (QED) is 0.378. The van der Waals surface area contributed by atoms with Crippen molar-refractivity contribution in [2.45, 2.75) is 13.0 Å². The molecule has 7 nitrogen and oxygen atoms in total. The first-order valence-corrected chi connectivity index (χ1v) is 6.53. The van der Waals surface area contributed by atoms with Crippen LogP contribution in [0.4, 0.5) is 11.4 Å². The van der Waals surface area contributed by atoms with E-state index in [0.29, 0.717) is 12.2 Å². The number of aryl methyl sites for hydroxylation is 2. The summed E-state index contributed by atoms with van der Waals surface area (Å²) in [5, 5.41) is 22.9. The molecule has 1 N–H and O–H groups in total. The second-order valence-electron chi connectivity index (χ2n) is 4.70. The molecule has 108 valence electrons. The number of hydrogen-bond acceptors (Lipinski definition) is 4. The van der Waals surface area contributed by atoms with Gasteiger partial charge in [0.15, 0.2) is 0 Å². The third-order valence-corrected chi connectivity index (χ3v) is 3.07. The molecular formula is C14H16N5O2+. The summed E-state index contributed by atoms with van der Waals surface area (Å²) in [6, 6.07) is 6.24. The van der Waals surface area contributed by atoms with E-state index in [0.717, 1.165) is 13.0 Å². The highest BCUT2D eigenvalue weighted by Crippen LogP contribution is 2.21. The summed E-state index contributed by atoms with van der Waals surface area (Å²) in [6.45, 7) is 1.55. The van der Waals surface area contributed by atoms with Crippen LogP contribution in [0, 0.1) is 21.4 Å². The molecule has 1 aromatic heterocycles. The zero-order chi connectivity index (χ0) is 15.2. The first-order valence-electron chi connectivity index (χ1n) is 6.53. The molecule has 0 aliphatic rings. The van der Waals surface area contributed by atoms with Gasteiger partial charge in [-0.15, -0.1) is 0 Å². The van der Waals surface area contributed by atoms with Crippen molar-refractivity contribution in [3.05, 3.63) is 52.6 Å². The first-order chi connectivity index (χ1) is 10.1. The first kappa shape index (κ1) is 14.5. The summed E-state index contributed by atoms with van der Waals surface area (Å²) < 4.78 is 4.04. The second-order valence-corrected chi connectivity index (χ2v) is 4.70. The predicted octanol–water partition coefficient (Wildman–Crippen LogP) is 1.59. The molecule has 0 fully saturated rings. The normalized spacial score (nSPS) is 10.1. The maximum Gasteiger partial charge on any atom is 0.270 e. The van der Waals surface area contributed by atoms with Crippen molar-refractivity contribution in [2.75, 3.05) is 11.9 Å². The minimum atomic E-state index is -0.503. The standard InChI is InChI=1S/C14H16N5O2/c1-17-7-8-18(11-17)6-2-5-16-14-4-3-13(19(20)21)9-12(14)10-15/h3-4,7-9,11,16H,2,5-6H2,1H3/q+1. The Hall–Kier alpha value is -2.88. The molecule has 0 unspecified atom stereocenters. The van der Waals surface area contributed by atoms with Gasteiger partial charge in [-0.2, -0.15) is 5.26 Å². The van der Waals surface area contributed by atoms with Crippen molar-refractivity contribution in [3.8, 4) is 6.07 Å². The lowest BCUT2D eigenvalue weighted by atomic mass is 10.1. The van der Waals surface area contributed by atoms with Gasteiger partial charge in [0.25, 0.3) is 5.69 Å². The number of aromatic nitrogens is 2. The van der Waals surface area contributed by atoms with E-state index >= 15 is 0 Å². The van der Waals surface area contributed by atoms with E-state index in [-0.39, 0.29) is 11.3 Å². The average Bonchev–Trinajstić information content (AvgIpc) is 2.89. The molecule has 2 aromatic rings. The Kier molecular flexibility index (Phi) is 4.51. The third-order valence-electron chi connectivity index (χ3n) is 3.07. The predicted molar refractivity (Wildman–Crippen MR) is 76.5 cm³/mol. The molecule has 2 rings (SSSR count). The minimum absolute atomic E-state index is 0.0723. The van der Waals surface area contributed by atoms with Gasteiger partial charge in [0.2, 0.25) is 6.33 Å². The lowest BCUT2D eigenvalue weighted by molar-refractivity contribution is -0.671. The van der Waals surface area contributed by atoms with Gasteiger partial charge < -0.3 is 5.32 Å². The SMILES string of the molecule is C[n+]1ccn(CCCNc2ccc([N+](=O)[O-])cc2C#N)c1. The van der Waals surface area contributed by atoms with E-state index in [9.17, 15) is 10.1 Å². The van der Waals surface area contributed by atoms with E-state index in [4.69, 9.17) is 5.26 Å². The molecule has 0 saturated carbocycles. The number of nitro groups is 1. The molecule has 7 heteroatoms. The van der Waals surface area contributed by atoms with Gasteiger partial charge in [0, 0.05) is 25.1 Å². The molecule has 21 heavy (non-hydrogen) atoms. The number of benzene rings is 1. The van der Waals surface area contributed by atoms with E-state index in [1.807, 2.05) is 36.4 Å². The van der Waals surface area contributed by atoms with E-state index < -0.39 is 4.92 Å². The van der Waals surface area contributed by atoms with Crippen molar-refractivity contribution < 1.29 is 9.49 Å². The van der Waals surface area contributed by atoms with Crippen molar-refractivity contribution in [1.29, 1.82) is 5.26 Å². The number of nitrogens with one attached hydrogen (secondary N) is 1. The summed E-state index contributed by atoms with van der Waals surface area (Å²) in [4.78, 5) is 10.2. The van der Waals surface area contributed by atoms with Crippen molar-refractivity contribution in [2.24, 2.45) is 7.05 Å². The van der Waals surface area contributed by atoms with E-state index in [2.05, 4.69) is 9.88 Å². The van der Waals surface area contributed by atoms with Crippen LogP contribution in [0.15, 0.2) is 36.9 Å². The Morgan fingerprint density at radius 3 is 2.95 bits per heavy atom. The summed E-state index contributed by atoms with van der Waals surface area (Å²) in [5.74, 6) is 0. The number of non-ortho nitro benzene ring substituents is 1. The minimum Gasteiger partial charge on any atom is -0.384 e. The van der Waals surface area contributed by atoms with Crippen LogP contribution in [0.25, 0.3) is 0 Å². The van der Waals surface area contributed by atoms with Crippen LogP contribution in [0.5, 0.6) is 0 Å². The smallest absolute Gasteiger partial charge is 0.270 e. The van der Waals surface area contributed by atoms with Crippen molar-refractivity contribution >= 4 is 11.4 Å². The van der Waals surface area contributed by atoms with Gasteiger partial charge in [-0.1, -0.05) is 0 Å². The molecule has 0 spiro atoms. The number of anilines is 1. The fraction of sp³-hybridized carbons (Fsp3) is 0.286. The van der Waals surface area contributed by atoms with Gasteiger partial charge in [-0.25, -0.2) is 9.13 Å². The highest BCUT2D eigenvalue weighted by molar-refractivity contribution is 5.61. The topological polar surface area (TPSA) is 87.8 Å². The zero-order valence-corrected chi connectivity index (χ0v) is 11.7. The molecule has 0 saturated heterocycles. The molecule has 1 heterocycles. The molecule has 0 aliphatic carbocycles. The molecule has 0 bridgehead atoms. The number of nitro benzene ring substituents is 1. The highest BCUT2D eigenvalue weighted by Gasteiger charge is 2.10. The van der Waals surface area contributed by atoms with Crippen molar-refractivity contribution in [1.82, 2.24) is 4.57 Å². The van der Waals surface area contributed by atoms with Crippen LogP contribution in [-0.2, 0) is 13.6 Å². The molecule has 0 atom stereocenters. The largest absolute Gasteiger partial charge is 0.384 e. The summed E-state index contributed by atoms with van der Waals surface area (Å²) in [5.41, 5.74) is 0.842. The number of nitriles is 1. The molecule has 0 aliphatic heterocycles. The number of hydrogen-bond donors (Lipinski definition) is 1. The number of rotatable bonds is 6. The van der Waals surface area contributed by atoms with Crippen LogP contribution in [0.1, 0.15) is 12.0 Å². The van der Waals surface area contributed by atoms with E-state index in [1.54, 1.807) is 6.07 Å². The Morgan fingerprint density at radius 2 is 2.33 bits per heavy atom. The van der Waals surface area contributed by atoms with Crippen molar-refractivity contribution in [3.63, 3.8) is 0 Å². The summed E-state index contributed by atoms with van der Waals surface area (Å²) in [6.07, 6.45) is 6.84. The van der Waals surface area contributed by atoms with Gasteiger partial charge >= 0.3 is 0 Å². The van der Waals surface area contributed by atoms with Gasteiger partial charge in [0.05, 0.1) is 29.8 Å². The van der Waals surface area contributed by atoms with Crippen LogP contribution in [0.3, 0.4) is 0 Å². The average molecular weight is 286 g/mol. The summed E-state index contributed by atoms with van der Waals surface area (Å²) >= 11 is 0. The molecule has 0 amide bonds. The van der Waals surface area contributed by atoms with Gasteiger partial charge in [0.1, 0.15) is 18.5 Å². The fourth-order valence-corrected chi connectivity index (χ4v) is 2.01. The van der Waals surface area contributed by atoms with E-state index in [1.165, 1.54) is 12.1 Å². The van der Waals surface area contributed by atoms with Gasteiger partial charge in [-0.05, 0) is 6.07 Å². The highest BCUT2D eigenvalue weighted by atomic mass is 16.6. The molecule has 1 aromatic carbocycles. The number of imidazole rings is 1. The van der Waals surface area contributed by atoms with Crippen LogP contribution < -0.4 is 9.88 Å². The Bertz CT molecular complexity index is 687. The molecule has 0 radical (unpaired) electrons. The fourth-order valence-electron chi connectivity index (χ4n) is 2.01. The summed E-state index contributed by atoms with van der Waals surface area (Å²) in [7, 11) is 1.96. The lowest BCUT2D eigenvalue weighted by Crippen LogP contribution is -2.23. The third kappa shape index (κ3) is 3.79. The van der Waals surface area contributed by atoms with Gasteiger partial charge in [-0.3, -0.25) is 10.1 Å². The Balaban J connectivity index is 1.91.